The Hall–Kier alpha value is -1.84. The third-order valence-corrected chi connectivity index (χ3v) is 9.50. The van der Waals surface area contributed by atoms with E-state index in [2.05, 4.69) is 67.1 Å². The van der Waals surface area contributed by atoms with E-state index in [9.17, 15) is 10.2 Å². The van der Waals surface area contributed by atoms with Gasteiger partial charge in [0.2, 0.25) is 0 Å². The van der Waals surface area contributed by atoms with Crippen LogP contribution >= 0.6 is 0 Å². The van der Waals surface area contributed by atoms with E-state index in [0.717, 1.165) is 32.1 Å². The predicted molar refractivity (Wildman–Crippen MR) is 121 cm³/mol. The quantitative estimate of drug-likeness (QED) is 0.627. The van der Waals surface area contributed by atoms with Crippen LogP contribution in [0.5, 0.6) is 0 Å². The van der Waals surface area contributed by atoms with Crippen LogP contribution < -0.4 is 0 Å². The number of hydrogen-bond acceptors (Lipinski definition) is 2. The lowest BCUT2D eigenvalue weighted by Crippen LogP contribution is -2.54. The van der Waals surface area contributed by atoms with E-state index in [0.29, 0.717) is 17.8 Å². The standard InChI is InChI=1S/C27H33NO2/c1-26-12-9-19(29)15-18(26)16-23(30)25-20-7-8-24(27(20,2)13-10-21(25)26)28-14-11-17-5-3-4-6-22(17)28/h3-6,8,11,14,16,19-21,23,25,29-30H,7,9-10,12-13,15H2,1-2H3/t19-,20?,21?,23?,25?,26-,27-/m0/s1. The van der Waals surface area contributed by atoms with Gasteiger partial charge in [0.15, 0.2) is 0 Å². The molecule has 1 heterocycles. The SMILES string of the molecule is C[C@]12CC[C@H](O)CC1=CC(O)C1C2CC[C@]2(C)C(n3ccc4ccccc43)=CCC12. The summed E-state index contributed by atoms with van der Waals surface area (Å²) >= 11 is 0. The van der Waals surface area contributed by atoms with Crippen LogP contribution in [0.1, 0.15) is 52.4 Å². The first-order chi connectivity index (χ1) is 14.4. The van der Waals surface area contributed by atoms with E-state index >= 15 is 0 Å². The summed E-state index contributed by atoms with van der Waals surface area (Å²) in [6, 6.07) is 10.9. The second-order valence-electron chi connectivity index (χ2n) is 10.8. The third kappa shape index (κ3) is 2.39. The maximum atomic E-state index is 11.3. The van der Waals surface area contributed by atoms with E-state index in [-0.39, 0.29) is 23.0 Å². The first-order valence-corrected chi connectivity index (χ1v) is 11.8. The molecule has 4 unspecified atom stereocenters. The summed E-state index contributed by atoms with van der Waals surface area (Å²) in [6.07, 6.45) is 12.3. The Balaban J connectivity index is 1.39. The zero-order valence-corrected chi connectivity index (χ0v) is 18.1. The van der Waals surface area contributed by atoms with Crippen molar-refractivity contribution >= 4 is 16.6 Å². The summed E-state index contributed by atoms with van der Waals surface area (Å²) in [5.74, 6) is 1.31. The molecular weight excluding hydrogens is 370 g/mol. The molecule has 30 heavy (non-hydrogen) atoms. The number of para-hydroxylation sites is 1. The number of allylic oxidation sites excluding steroid dienone is 2. The number of rotatable bonds is 1. The molecule has 0 radical (unpaired) electrons. The summed E-state index contributed by atoms with van der Waals surface area (Å²) in [5, 5.41) is 22.8. The first kappa shape index (κ1) is 18.9. The van der Waals surface area contributed by atoms with Gasteiger partial charge in [-0.3, -0.25) is 0 Å². The van der Waals surface area contributed by atoms with Crippen LogP contribution in [0.15, 0.2) is 54.3 Å². The van der Waals surface area contributed by atoms with Gasteiger partial charge in [-0.05, 0) is 79.2 Å². The van der Waals surface area contributed by atoms with Gasteiger partial charge >= 0.3 is 0 Å². The maximum Gasteiger partial charge on any atom is 0.0757 e. The van der Waals surface area contributed by atoms with Crippen molar-refractivity contribution in [2.45, 2.75) is 64.6 Å². The second-order valence-corrected chi connectivity index (χ2v) is 10.8. The van der Waals surface area contributed by atoms with Gasteiger partial charge in [-0.2, -0.15) is 0 Å². The van der Waals surface area contributed by atoms with Gasteiger partial charge in [-0.1, -0.05) is 49.8 Å². The summed E-state index contributed by atoms with van der Waals surface area (Å²) in [4.78, 5) is 0. The molecule has 2 fully saturated rings. The van der Waals surface area contributed by atoms with Crippen LogP contribution in [0, 0.1) is 28.6 Å². The Morgan fingerprint density at radius 1 is 0.967 bits per heavy atom. The lowest BCUT2D eigenvalue weighted by atomic mass is 9.47. The van der Waals surface area contributed by atoms with Crippen molar-refractivity contribution in [3.05, 3.63) is 54.3 Å². The topological polar surface area (TPSA) is 45.4 Å². The summed E-state index contributed by atoms with van der Waals surface area (Å²) < 4.78 is 2.41. The van der Waals surface area contributed by atoms with Crippen LogP contribution in [0.3, 0.4) is 0 Å². The van der Waals surface area contributed by atoms with E-state index in [1.807, 2.05) is 0 Å². The Labute approximate surface area is 179 Å². The lowest BCUT2D eigenvalue weighted by Gasteiger charge is -2.58. The molecule has 3 heteroatoms. The van der Waals surface area contributed by atoms with Crippen LogP contribution in [0.4, 0.5) is 0 Å². The van der Waals surface area contributed by atoms with Crippen molar-refractivity contribution in [2.24, 2.45) is 28.6 Å². The number of aliphatic hydroxyl groups excluding tert-OH is 2. The molecule has 2 saturated carbocycles. The molecule has 4 aliphatic carbocycles. The lowest BCUT2D eigenvalue weighted by molar-refractivity contribution is -0.0739. The molecule has 0 amide bonds. The molecule has 3 nitrogen and oxygen atoms in total. The monoisotopic (exact) mass is 403 g/mol. The van der Waals surface area contributed by atoms with Gasteiger partial charge in [0, 0.05) is 17.3 Å². The zero-order chi connectivity index (χ0) is 20.7. The fraction of sp³-hybridized carbons (Fsp3) is 0.556. The summed E-state index contributed by atoms with van der Waals surface area (Å²) in [7, 11) is 0. The highest BCUT2D eigenvalue weighted by molar-refractivity contribution is 5.84. The molecule has 4 aliphatic rings. The van der Waals surface area contributed by atoms with Crippen molar-refractivity contribution in [1.29, 1.82) is 0 Å². The zero-order valence-electron chi connectivity index (χ0n) is 18.1. The molecule has 0 saturated heterocycles. The molecule has 2 N–H and O–H groups in total. The van der Waals surface area contributed by atoms with Gasteiger partial charge in [-0.25, -0.2) is 0 Å². The van der Waals surface area contributed by atoms with Gasteiger partial charge in [0.1, 0.15) is 0 Å². The fourth-order valence-corrected chi connectivity index (χ4v) is 7.85. The van der Waals surface area contributed by atoms with Crippen molar-refractivity contribution in [3.63, 3.8) is 0 Å². The van der Waals surface area contributed by atoms with Crippen LogP contribution in [0.2, 0.25) is 0 Å². The molecule has 7 atom stereocenters. The van der Waals surface area contributed by atoms with E-state index < -0.39 is 0 Å². The third-order valence-electron chi connectivity index (χ3n) is 9.50. The molecule has 2 aromatic rings. The largest absolute Gasteiger partial charge is 0.393 e. The molecule has 6 rings (SSSR count). The molecule has 1 aromatic heterocycles. The van der Waals surface area contributed by atoms with Crippen molar-refractivity contribution < 1.29 is 10.2 Å². The Morgan fingerprint density at radius 3 is 2.63 bits per heavy atom. The minimum Gasteiger partial charge on any atom is -0.393 e. The Kier molecular flexibility index (Phi) is 3.99. The summed E-state index contributed by atoms with van der Waals surface area (Å²) in [6.45, 7) is 4.86. The molecule has 1 aromatic carbocycles. The summed E-state index contributed by atoms with van der Waals surface area (Å²) in [5.41, 5.74) is 4.28. The van der Waals surface area contributed by atoms with E-state index in [4.69, 9.17) is 0 Å². The van der Waals surface area contributed by atoms with Crippen molar-refractivity contribution in [1.82, 2.24) is 4.57 Å². The van der Waals surface area contributed by atoms with Gasteiger partial charge < -0.3 is 14.8 Å². The highest BCUT2D eigenvalue weighted by Gasteiger charge is 2.59. The minimum atomic E-state index is -0.387. The number of hydrogen-bond donors (Lipinski definition) is 2. The van der Waals surface area contributed by atoms with E-state index in [1.54, 1.807) is 0 Å². The van der Waals surface area contributed by atoms with Crippen molar-refractivity contribution in [3.8, 4) is 0 Å². The molecule has 158 valence electrons. The Bertz CT molecular complexity index is 1060. The fourth-order valence-electron chi connectivity index (χ4n) is 7.85. The van der Waals surface area contributed by atoms with Gasteiger partial charge in [0.05, 0.1) is 17.7 Å². The molecular formula is C27H33NO2. The Morgan fingerprint density at radius 2 is 1.77 bits per heavy atom. The number of nitrogens with zero attached hydrogens (tertiary/aromatic N) is 1. The average molecular weight is 404 g/mol. The van der Waals surface area contributed by atoms with Crippen molar-refractivity contribution in [2.75, 3.05) is 0 Å². The van der Waals surface area contributed by atoms with Crippen LogP contribution in [-0.4, -0.2) is 27.0 Å². The first-order valence-electron chi connectivity index (χ1n) is 11.8. The van der Waals surface area contributed by atoms with E-state index in [1.165, 1.54) is 28.6 Å². The maximum absolute atomic E-state index is 11.3. The highest BCUT2D eigenvalue weighted by Crippen LogP contribution is 2.65. The second kappa shape index (κ2) is 6.34. The molecule has 0 spiro atoms. The normalized spacial score (nSPS) is 42.9. The highest BCUT2D eigenvalue weighted by atomic mass is 16.3. The predicted octanol–water partition coefficient (Wildman–Crippen LogP) is 5.39. The number of fused-ring (bicyclic) bond motifs is 6. The van der Waals surface area contributed by atoms with Gasteiger partial charge in [-0.15, -0.1) is 0 Å². The smallest absolute Gasteiger partial charge is 0.0757 e. The number of benzene rings is 1. The van der Waals surface area contributed by atoms with Crippen LogP contribution in [0.25, 0.3) is 16.6 Å². The number of aromatic nitrogens is 1. The number of aliphatic hydroxyl groups is 2. The average Bonchev–Trinajstić information content (AvgIpc) is 3.30. The van der Waals surface area contributed by atoms with Gasteiger partial charge in [0.25, 0.3) is 0 Å². The van der Waals surface area contributed by atoms with Crippen LogP contribution in [-0.2, 0) is 0 Å². The minimum absolute atomic E-state index is 0.0970. The molecule has 0 aliphatic heterocycles. The molecule has 0 bridgehead atoms.